The number of rotatable bonds is 3. The Morgan fingerprint density at radius 1 is 1.26 bits per heavy atom. The van der Waals surface area contributed by atoms with E-state index in [1.54, 1.807) is 4.31 Å². The molecule has 0 aliphatic carbocycles. The third-order valence-electron chi connectivity index (χ3n) is 3.76. The summed E-state index contributed by atoms with van der Waals surface area (Å²) < 4.78 is 28.9. The van der Waals surface area contributed by atoms with Crippen LogP contribution in [0.5, 0.6) is 0 Å². The summed E-state index contributed by atoms with van der Waals surface area (Å²) >= 11 is 0. The maximum atomic E-state index is 12.3. The topological polar surface area (TPSA) is 78.5 Å². The van der Waals surface area contributed by atoms with Crippen LogP contribution < -0.4 is 10.0 Å². The lowest BCUT2D eigenvalue weighted by Crippen LogP contribution is -2.54. The lowest BCUT2D eigenvalue weighted by atomic mass is 9.94. The van der Waals surface area contributed by atoms with Crippen LogP contribution in [-0.2, 0) is 15.0 Å². The van der Waals surface area contributed by atoms with Crippen molar-refractivity contribution >= 4 is 16.1 Å². The number of carbonyl (C=O) groups excluding carboxylic acids is 1. The number of carbonyl (C=O) groups is 1. The fourth-order valence-electron chi connectivity index (χ4n) is 2.92. The molecule has 1 amide bonds. The standard InChI is InChI=1S/C12H23N3O3S/c1-9-5-10(2)8-15(7-9)19(17,18)14-11-3-4-12(16)13-6-11/h9-11,14H,3-8H2,1-2H3,(H,13,16)/t9-,10+,11-/m1/s1. The molecule has 0 spiro atoms. The summed E-state index contributed by atoms with van der Waals surface area (Å²) in [5.41, 5.74) is 0. The van der Waals surface area contributed by atoms with Gasteiger partial charge in [-0.05, 0) is 24.7 Å². The van der Waals surface area contributed by atoms with Gasteiger partial charge in [0.05, 0.1) is 0 Å². The molecule has 0 bridgehead atoms. The van der Waals surface area contributed by atoms with E-state index in [0.717, 1.165) is 6.42 Å². The first-order chi connectivity index (χ1) is 8.87. The van der Waals surface area contributed by atoms with Crippen LogP contribution >= 0.6 is 0 Å². The Balaban J connectivity index is 1.96. The second-order valence-corrected chi connectivity index (χ2v) is 7.63. The zero-order chi connectivity index (χ0) is 14.0. The van der Waals surface area contributed by atoms with Crippen LogP contribution in [0.4, 0.5) is 0 Å². The van der Waals surface area contributed by atoms with Crippen LogP contribution in [0.1, 0.15) is 33.1 Å². The second-order valence-electron chi connectivity index (χ2n) is 5.93. The van der Waals surface area contributed by atoms with Crippen molar-refractivity contribution in [3.05, 3.63) is 0 Å². The SMILES string of the molecule is C[C@@H]1C[C@H](C)CN(S(=O)(=O)N[C@@H]2CCC(=O)NC2)C1. The normalized spacial score (nSPS) is 34.0. The molecule has 2 N–H and O–H groups in total. The number of hydrogen-bond acceptors (Lipinski definition) is 3. The zero-order valence-electron chi connectivity index (χ0n) is 11.6. The Bertz CT molecular complexity index is 418. The molecular weight excluding hydrogens is 266 g/mol. The Labute approximate surface area is 115 Å². The van der Waals surface area contributed by atoms with E-state index in [1.165, 1.54) is 0 Å². The molecular formula is C12H23N3O3S. The van der Waals surface area contributed by atoms with Gasteiger partial charge in [-0.15, -0.1) is 0 Å². The van der Waals surface area contributed by atoms with Crippen molar-refractivity contribution in [2.75, 3.05) is 19.6 Å². The van der Waals surface area contributed by atoms with Crippen molar-refractivity contribution in [3.8, 4) is 0 Å². The van der Waals surface area contributed by atoms with Crippen LogP contribution in [0.15, 0.2) is 0 Å². The summed E-state index contributed by atoms with van der Waals surface area (Å²) in [4.78, 5) is 11.1. The van der Waals surface area contributed by atoms with Crippen molar-refractivity contribution in [1.82, 2.24) is 14.3 Å². The molecule has 2 aliphatic heterocycles. The molecule has 2 aliphatic rings. The van der Waals surface area contributed by atoms with E-state index in [4.69, 9.17) is 0 Å². The quantitative estimate of drug-likeness (QED) is 0.772. The van der Waals surface area contributed by atoms with Gasteiger partial charge in [-0.1, -0.05) is 13.8 Å². The third kappa shape index (κ3) is 3.90. The molecule has 2 heterocycles. The van der Waals surface area contributed by atoms with Gasteiger partial charge < -0.3 is 5.32 Å². The van der Waals surface area contributed by atoms with Gasteiger partial charge in [0.25, 0.3) is 10.2 Å². The maximum Gasteiger partial charge on any atom is 0.279 e. The van der Waals surface area contributed by atoms with Crippen molar-refractivity contribution in [1.29, 1.82) is 0 Å². The Hall–Kier alpha value is -0.660. The molecule has 2 fully saturated rings. The highest BCUT2D eigenvalue weighted by molar-refractivity contribution is 7.87. The first-order valence-corrected chi connectivity index (χ1v) is 8.35. The Morgan fingerprint density at radius 2 is 1.89 bits per heavy atom. The zero-order valence-corrected chi connectivity index (χ0v) is 12.4. The molecule has 19 heavy (non-hydrogen) atoms. The summed E-state index contributed by atoms with van der Waals surface area (Å²) in [6.07, 6.45) is 2.04. The van der Waals surface area contributed by atoms with E-state index in [9.17, 15) is 13.2 Å². The second kappa shape index (κ2) is 5.76. The van der Waals surface area contributed by atoms with Gasteiger partial charge in [0.1, 0.15) is 0 Å². The average molecular weight is 289 g/mol. The Kier molecular flexibility index (Phi) is 4.47. The fraction of sp³-hybridized carbons (Fsp3) is 0.917. The molecule has 0 aromatic heterocycles. The molecule has 0 radical (unpaired) electrons. The average Bonchev–Trinajstić information content (AvgIpc) is 2.31. The summed E-state index contributed by atoms with van der Waals surface area (Å²) in [6, 6.07) is -0.185. The van der Waals surface area contributed by atoms with E-state index in [0.29, 0.717) is 44.3 Å². The van der Waals surface area contributed by atoms with Crippen LogP contribution in [0.25, 0.3) is 0 Å². The molecule has 3 atom stereocenters. The molecule has 2 saturated heterocycles. The summed E-state index contributed by atoms with van der Waals surface area (Å²) in [5, 5.41) is 2.69. The minimum atomic E-state index is -3.43. The minimum absolute atomic E-state index is 0.00401. The minimum Gasteiger partial charge on any atom is -0.355 e. The van der Waals surface area contributed by atoms with Crippen LogP contribution in [-0.4, -0.2) is 44.3 Å². The van der Waals surface area contributed by atoms with Gasteiger partial charge in [0.15, 0.2) is 0 Å². The number of piperidine rings is 2. The maximum absolute atomic E-state index is 12.3. The third-order valence-corrected chi connectivity index (χ3v) is 5.37. The van der Waals surface area contributed by atoms with Crippen LogP contribution in [0.2, 0.25) is 0 Å². The molecule has 0 unspecified atom stereocenters. The molecule has 110 valence electrons. The van der Waals surface area contributed by atoms with E-state index in [-0.39, 0.29) is 11.9 Å². The van der Waals surface area contributed by atoms with Gasteiger partial charge in [0.2, 0.25) is 5.91 Å². The van der Waals surface area contributed by atoms with Gasteiger partial charge in [-0.2, -0.15) is 17.4 Å². The summed E-state index contributed by atoms with van der Waals surface area (Å²) in [5.74, 6) is 0.786. The number of hydrogen-bond donors (Lipinski definition) is 2. The van der Waals surface area contributed by atoms with E-state index in [2.05, 4.69) is 23.9 Å². The molecule has 0 saturated carbocycles. The highest BCUT2D eigenvalue weighted by Gasteiger charge is 2.32. The Morgan fingerprint density at radius 3 is 2.42 bits per heavy atom. The number of amides is 1. The predicted molar refractivity (Wildman–Crippen MR) is 72.6 cm³/mol. The summed E-state index contributed by atoms with van der Waals surface area (Å²) in [6.45, 7) is 5.71. The van der Waals surface area contributed by atoms with Crippen molar-refractivity contribution < 1.29 is 13.2 Å². The van der Waals surface area contributed by atoms with E-state index < -0.39 is 10.2 Å². The monoisotopic (exact) mass is 289 g/mol. The number of nitrogens with one attached hydrogen (secondary N) is 2. The van der Waals surface area contributed by atoms with Crippen LogP contribution in [0.3, 0.4) is 0 Å². The van der Waals surface area contributed by atoms with E-state index >= 15 is 0 Å². The van der Waals surface area contributed by atoms with Crippen LogP contribution in [0, 0.1) is 11.8 Å². The largest absolute Gasteiger partial charge is 0.355 e. The summed E-state index contributed by atoms with van der Waals surface area (Å²) in [7, 11) is -3.43. The molecule has 7 heteroatoms. The highest BCUT2D eigenvalue weighted by atomic mass is 32.2. The van der Waals surface area contributed by atoms with Crippen molar-refractivity contribution in [2.24, 2.45) is 11.8 Å². The van der Waals surface area contributed by atoms with Crippen molar-refractivity contribution in [2.45, 2.75) is 39.2 Å². The van der Waals surface area contributed by atoms with E-state index in [1.807, 2.05) is 0 Å². The van der Waals surface area contributed by atoms with Crippen molar-refractivity contribution in [3.63, 3.8) is 0 Å². The highest BCUT2D eigenvalue weighted by Crippen LogP contribution is 2.23. The fourth-order valence-corrected chi connectivity index (χ4v) is 4.59. The molecule has 0 aromatic rings. The molecule has 2 rings (SSSR count). The van der Waals surface area contributed by atoms with Gasteiger partial charge >= 0.3 is 0 Å². The first kappa shape index (κ1) is 14.7. The molecule has 0 aromatic carbocycles. The first-order valence-electron chi connectivity index (χ1n) is 6.91. The lowest BCUT2D eigenvalue weighted by molar-refractivity contribution is -0.122. The smallest absolute Gasteiger partial charge is 0.279 e. The van der Waals surface area contributed by atoms with Gasteiger partial charge in [-0.3, -0.25) is 4.79 Å². The lowest BCUT2D eigenvalue weighted by Gasteiger charge is -2.35. The molecule has 6 nitrogen and oxygen atoms in total. The van der Waals surface area contributed by atoms with Gasteiger partial charge in [-0.25, -0.2) is 0 Å². The number of nitrogens with zero attached hydrogens (tertiary/aromatic N) is 1. The predicted octanol–water partition coefficient (Wildman–Crippen LogP) is 0.0773. The van der Waals surface area contributed by atoms with Gasteiger partial charge in [0, 0.05) is 32.1 Å².